The first-order valence-corrected chi connectivity index (χ1v) is 16.0. The molecule has 4 aromatic rings. The average molecular weight is 697 g/mol. The molecule has 3 aromatic carbocycles. The van der Waals surface area contributed by atoms with Crippen molar-refractivity contribution < 1.29 is 27.5 Å². The van der Waals surface area contributed by atoms with Crippen molar-refractivity contribution in [3.05, 3.63) is 124 Å². The summed E-state index contributed by atoms with van der Waals surface area (Å²) in [5, 5.41) is 0.947. The van der Waals surface area contributed by atoms with E-state index < -0.39 is 35.6 Å². The normalized spacial score (nSPS) is 18.1. The van der Waals surface area contributed by atoms with Crippen LogP contribution >= 0.6 is 23.2 Å². The molecule has 248 valence electrons. The van der Waals surface area contributed by atoms with E-state index in [2.05, 4.69) is 9.88 Å². The van der Waals surface area contributed by atoms with Gasteiger partial charge in [-0.15, -0.1) is 0 Å². The van der Waals surface area contributed by atoms with E-state index in [1.54, 1.807) is 67.8 Å². The van der Waals surface area contributed by atoms with Crippen molar-refractivity contribution in [3.8, 4) is 5.75 Å². The van der Waals surface area contributed by atoms with Gasteiger partial charge in [0.1, 0.15) is 17.6 Å². The predicted molar refractivity (Wildman–Crippen MR) is 177 cm³/mol. The van der Waals surface area contributed by atoms with Gasteiger partial charge in [0, 0.05) is 54.3 Å². The molecule has 0 radical (unpaired) electrons. The number of carbonyl (C=O) groups is 2. The van der Waals surface area contributed by atoms with Crippen molar-refractivity contribution in [3.63, 3.8) is 0 Å². The van der Waals surface area contributed by atoms with Gasteiger partial charge in [-0.25, -0.2) is 0 Å². The molecule has 6 rings (SSSR count). The molecule has 0 aliphatic carbocycles. The van der Waals surface area contributed by atoms with Crippen LogP contribution < -0.4 is 9.64 Å². The number of amides is 2. The SMILES string of the molecule is CCOc1cc(C(F)(F)F)ccc1C1=NC(c2ccc(Cl)cc2)C(c2ccc(Cl)cc2)N1C(=O)C(=O)N1CCN(c2ccncc2)CC1. The van der Waals surface area contributed by atoms with E-state index in [9.17, 15) is 22.8 Å². The first-order valence-electron chi connectivity index (χ1n) is 15.3. The lowest BCUT2D eigenvalue weighted by atomic mass is 9.93. The van der Waals surface area contributed by atoms with Crippen LogP contribution in [0.3, 0.4) is 0 Å². The first kappa shape index (κ1) is 33.3. The Hall–Kier alpha value is -4.61. The summed E-state index contributed by atoms with van der Waals surface area (Å²) in [6, 6.07) is 18.9. The van der Waals surface area contributed by atoms with Gasteiger partial charge < -0.3 is 14.5 Å². The zero-order valence-corrected chi connectivity index (χ0v) is 27.2. The van der Waals surface area contributed by atoms with Gasteiger partial charge in [0.15, 0.2) is 0 Å². The molecule has 8 nitrogen and oxygen atoms in total. The Morgan fingerprint density at radius 2 is 1.44 bits per heavy atom. The number of benzene rings is 3. The Balaban J connectivity index is 1.43. The highest BCUT2D eigenvalue weighted by Crippen LogP contribution is 2.46. The number of nitrogens with zero attached hydrogens (tertiary/aromatic N) is 5. The third kappa shape index (κ3) is 6.84. The van der Waals surface area contributed by atoms with E-state index in [1.165, 1.54) is 15.9 Å². The van der Waals surface area contributed by atoms with Crippen LogP contribution in [0.5, 0.6) is 5.75 Å². The molecule has 13 heteroatoms. The van der Waals surface area contributed by atoms with Crippen LogP contribution in [0.2, 0.25) is 10.0 Å². The number of aliphatic imine (C=N–C) groups is 1. The first-order chi connectivity index (χ1) is 23.0. The maximum atomic E-state index is 14.5. The summed E-state index contributed by atoms with van der Waals surface area (Å²) in [6.45, 7) is 3.24. The van der Waals surface area contributed by atoms with Gasteiger partial charge in [-0.3, -0.25) is 24.5 Å². The molecule has 2 unspecified atom stereocenters. The number of rotatable bonds is 6. The van der Waals surface area contributed by atoms with Crippen LogP contribution in [0.4, 0.5) is 18.9 Å². The van der Waals surface area contributed by atoms with Gasteiger partial charge in [0.25, 0.3) is 0 Å². The molecule has 0 bridgehead atoms. The van der Waals surface area contributed by atoms with Crippen LogP contribution in [0.1, 0.15) is 41.3 Å². The lowest BCUT2D eigenvalue weighted by Crippen LogP contribution is -2.54. The Labute approximate surface area is 285 Å². The second kappa shape index (κ2) is 13.9. The number of halogens is 5. The number of carbonyl (C=O) groups excluding carboxylic acids is 2. The van der Waals surface area contributed by atoms with Gasteiger partial charge in [-0.1, -0.05) is 47.5 Å². The molecule has 3 heterocycles. The molecule has 48 heavy (non-hydrogen) atoms. The zero-order chi connectivity index (χ0) is 34.0. The number of hydrogen-bond acceptors (Lipinski definition) is 6. The highest BCUT2D eigenvalue weighted by Gasteiger charge is 2.46. The Morgan fingerprint density at radius 1 is 0.833 bits per heavy atom. The summed E-state index contributed by atoms with van der Waals surface area (Å²) in [5.74, 6) is -1.72. The summed E-state index contributed by atoms with van der Waals surface area (Å²) in [7, 11) is 0. The van der Waals surface area contributed by atoms with E-state index in [4.69, 9.17) is 32.9 Å². The number of anilines is 1. The molecule has 2 atom stereocenters. The molecule has 0 N–H and O–H groups in total. The van der Waals surface area contributed by atoms with Crippen molar-refractivity contribution >= 4 is 46.5 Å². The van der Waals surface area contributed by atoms with E-state index in [1.807, 2.05) is 12.1 Å². The summed E-state index contributed by atoms with van der Waals surface area (Å²) in [5.41, 5.74) is 1.47. The molecule has 2 aliphatic heterocycles. The fourth-order valence-corrected chi connectivity index (χ4v) is 6.24. The molecule has 1 aromatic heterocycles. The number of alkyl halides is 3. The van der Waals surface area contributed by atoms with Gasteiger partial charge in [0.2, 0.25) is 0 Å². The number of amidine groups is 1. The minimum Gasteiger partial charge on any atom is -0.493 e. The molecule has 0 spiro atoms. The van der Waals surface area contributed by atoms with Crippen molar-refractivity contribution in [2.24, 2.45) is 4.99 Å². The quantitative estimate of drug-likeness (QED) is 0.199. The standard InChI is InChI=1S/C35H30Cl2F3N5O3/c1-2-48-29-21-24(35(38,39)40)7-12-28(29)32-42-30(22-3-8-25(36)9-4-22)31(23-5-10-26(37)11-6-23)45(32)34(47)33(46)44-19-17-43(18-20-44)27-13-15-41-16-14-27/h3-16,21,30-31H,2,17-20H2,1H3. The van der Waals surface area contributed by atoms with Crippen molar-refractivity contribution in [1.29, 1.82) is 0 Å². The van der Waals surface area contributed by atoms with Crippen molar-refractivity contribution in [1.82, 2.24) is 14.8 Å². The van der Waals surface area contributed by atoms with E-state index >= 15 is 0 Å². The zero-order valence-electron chi connectivity index (χ0n) is 25.7. The Morgan fingerprint density at radius 3 is 2.02 bits per heavy atom. The minimum atomic E-state index is -4.64. The number of ether oxygens (including phenoxy) is 1. The van der Waals surface area contributed by atoms with Gasteiger partial charge in [-0.05, 0) is 72.6 Å². The fraction of sp³-hybridized carbons (Fsp3) is 0.257. The van der Waals surface area contributed by atoms with Gasteiger partial charge in [-0.2, -0.15) is 13.2 Å². The summed E-state index contributed by atoms with van der Waals surface area (Å²) < 4.78 is 47.0. The highest BCUT2D eigenvalue weighted by molar-refractivity contribution is 6.39. The lowest BCUT2D eigenvalue weighted by molar-refractivity contribution is -0.150. The van der Waals surface area contributed by atoms with Crippen LogP contribution in [-0.4, -0.2) is 65.2 Å². The molecule has 1 saturated heterocycles. The van der Waals surface area contributed by atoms with E-state index in [0.29, 0.717) is 34.3 Å². The molecule has 0 saturated carbocycles. The predicted octanol–water partition coefficient (Wildman–Crippen LogP) is 7.23. The van der Waals surface area contributed by atoms with Crippen LogP contribution in [0, 0.1) is 0 Å². The summed E-state index contributed by atoms with van der Waals surface area (Å²) in [6.07, 6.45) is -1.25. The number of pyridine rings is 1. The number of hydrogen-bond donors (Lipinski definition) is 0. The molecular formula is C35H30Cl2F3N5O3. The topological polar surface area (TPSA) is 78.3 Å². The van der Waals surface area contributed by atoms with E-state index in [0.717, 1.165) is 17.8 Å². The Kier molecular flexibility index (Phi) is 9.61. The largest absolute Gasteiger partial charge is 0.493 e. The molecule has 1 fully saturated rings. The third-order valence-electron chi connectivity index (χ3n) is 8.34. The molecular weight excluding hydrogens is 666 g/mol. The highest BCUT2D eigenvalue weighted by atomic mass is 35.5. The summed E-state index contributed by atoms with van der Waals surface area (Å²) in [4.78, 5) is 42.5. The van der Waals surface area contributed by atoms with Gasteiger partial charge in [0.05, 0.1) is 23.8 Å². The maximum Gasteiger partial charge on any atom is 0.416 e. The molecule has 2 amide bonds. The third-order valence-corrected chi connectivity index (χ3v) is 8.84. The monoisotopic (exact) mass is 695 g/mol. The van der Waals surface area contributed by atoms with Crippen LogP contribution in [-0.2, 0) is 15.8 Å². The maximum absolute atomic E-state index is 14.5. The summed E-state index contributed by atoms with van der Waals surface area (Å²) >= 11 is 12.4. The lowest BCUT2D eigenvalue weighted by Gasteiger charge is -2.37. The van der Waals surface area contributed by atoms with Crippen LogP contribution in [0.25, 0.3) is 0 Å². The van der Waals surface area contributed by atoms with Gasteiger partial charge >= 0.3 is 18.0 Å². The fourth-order valence-electron chi connectivity index (χ4n) is 5.99. The Bertz CT molecular complexity index is 1810. The second-order valence-electron chi connectivity index (χ2n) is 11.2. The van der Waals surface area contributed by atoms with Crippen molar-refractivity contribution in [2.45, 2.75) is 25.2 Å². The number of piperazine rings is 1. The average Bonchev–Trinajstić information content (AvgIpc) is 3.49. The molecule has 2 aliphatic rings. The number of aromatic nitrogens is 1. The van der Waals surface area contributed by atoms with E-state index in [-0.39, 0.29) is 36.8 Å². The second-order valence-corrected chi connectivity index (χ2v) is 12.1. The van der Waals surface area contributed by atoms with Crippen LogP contribution in [0.15, 0.2) is 96.2 Å². The minimum absolute atomic E-state index is 0.0147. The smallest absolute Gasteiger partial charge is 0.416 e. The van der Waals surface area contributed by atoms with Crippen molar-refractivity contribution in [2.75, 3.05) is 37.7 Å².